The lowest BCUT2D eigenvalue weighted by atomic mass is 9.64. The van der Waals surface area contributed by atoms with Gasteiger partial charge in [-0.1, -0.05) is 226 Å². The molecule has 0 fully saturated rings. The van der Waals surface area contributed by atoms with Gasteiger partial charge >= 0.3 is 0 Å². The zero-order valence-corrected chi connectivity index (χ0v) is 38.5. The molecule has 0 amide bonds. The maximum atomic E-state index is 3.76. The zero-order chi connectivity index (χ0) is 44.8. The topological polar surface area (TPSA) is 17.0 Å². The molecular formula is C64H58N2. The molecule has 7 aromatic carbocycles. The summed E-state index contributed by atoms with van der Waals surface area (Å²) in [6.45, 7) is 7.23. The van der Waals surface area contributed by atoms with E-state index in [1.807, 2.05) is 0 Å². The SMILES string of the molecule is CNC(C1=CC=CC(C)C1)[C@@H](C)/C(=C\c1cccc(-n2c3c(c4ccc(-c5ccccc5)cc42)C(C)C2C(=C3)C(c3ccccc3)(c3ccccc3)c3ccccc32)c1)Cc1ccccc1. The number of rotatable bonds is 11. The molecule has 5 atom stereocenters. The van der Waals surface area contributed by atoms with Crippen LogP contribution in [0.15, 0.2) is 223 Å². The average Bonchev–Trinajstić information content (AvgIpc) is 3.86. The molecule has 4 unspecified atom stereocenters. The van der Waals surface area contributed by atoms with E-state index >= 15 is 0 Å². The van der Waals surface area contributed by atoms with E-state index in [0.29, 0.717) is 5.92 Å². The first-order valence-corrected chi connectivity index (χ1v) is 24.0. The van der Waals surface area contributed by atoms with Crippen molar-refractivity contribution >= 4 is 23.1 Å². The van der Waals surface area contributed by atoms with Crippen LogP contribution in [-0.4, -0.2) is 17.7 Å². The number of nitrogens with one attached hydrogen (secondary N) is 1. The summed E-state index contributed by atoms with van der Waals surface area (Å²) in [5.41, 5.74) is 19.4. The Morgan fingerprint density at radius 1 is 0.712 bits per heavy atom. The van der Waals surface area contributed by atoms with Gasteiger partial charge in [0.25, 0.3) is 0 Å². The summed E-state index contributed by atoms with van der Waals surface area (Å²) in [5, 5.41) is 5.08. The van der Waals surface area contributed by atoms with Gasteiger partial charge in [0, 0.05) is 23.0 Å². The highest BCUT2D eigenvalue weighted by atomic mass is 15.0. The highest BCUT2D eigenvalue weighted by molar-refractivity contribution is 5.96. The first-order valence-electron chi connectivity index (χ1n) is 24.0. The second kappa shape index (κ2) is 17.4. The van der Waals surface area contributed by atoms with Gasteiger partial charge in [-0.15, -0.1) is 0 Å². The molecule has 1 heterocycles. The van der Waals surface area contributed by atoms with Gasteiger partial charge < -0.3 is 9.88 Å². The molecule has 0 spiro atoms. The van der Waals surface area contributed by atoms with E-state index in [2.05, 4.69) is 256 Å². The Labute approximate surface area is 391 Å². The summed E-state index contributed by atoms with van der Waals surface area (Å²) < 4.78 is 2.59. The molecule has 66 heavy (non-hydrogen) atoms. The summed E-state index contributed by atoms with van der Waals surface area (Å²) >= 11 is 0. The quantitative estimate of drug-likeness (QED) is 0.137. The molecule has 0 bridgehead atoms. The third-order valence-electron chi connectivity index (χ3n) is 15.1. The van der Waals surface area contributed by atoms with Crippen LogP contribution in [0.5, 0.6) is 0 Å². The molecule has 2 nitrogen and oxygen atoms in total. The summed E-state index contributed by atoms with van der Waals surface area (Å²) in [5.74, 6) is 1.23. The second-order valence-corrected chi connectivity index (χ2v) is 19.0. The van der Waals surface area contributed by atoms with E-state index in [-0.39, 0.29) is 23.8 Å². The highest BCUT2D eigenvalue weighted by Gasteiger charge is 2.53. The van der Waals surface area contributed by atoms with Crippen LogP contribution in [0.2, 0.25) is 0 Å². The van der Waals surface area contributed by atoms with E-state index in [0.717, 1.165) is 12.8 Å². The zero-order valence-electron chi connectivity index (χ0n) is 38.5. The van der Waals surface area contributed by atoms with Crippen molar-refractivity contribution in [1.29, 1.82) is 0 Å². The minimum absolute atomic E-state index is 0.205. The Balaban J connectivity index is 1.14. The standard InChI is InChI=1S/C64H58N2/c1-43-21-19-27-50(37-43)63(65-4)44(2)51(38-46-22-9-5-10-23-46)39-47-24-20-32-54(40-47)66-59-41-49(48-25-11-6-12-26-48)35-36-56(59)62-45(3)61-55-33-17-18-34-57(55)64(58(61)42-60(62)66,52-28-13-7-14-29-52)53-30-15-8-16-31-53/h5-36,39-45,61,63,65H,37-38H2,1-4H3/b51-39-/t43?,44-,45?,61?,63?/m0/s1. The fourth-order valence-electron chi connectivity index (χ4n) is 12.2. The molecule has 324 valence electrons. The van der Waals surface area contributed by atoms with Gasteiger partial charge in [-0.25, -0.2) is 0 Å². The van der Waals surface area contributed by atoms with E-state index in [9.17, 15) is 0 Å². The number of allylic oxidation sites excluding steroid dienone is 4. The molecule has 11 rings (SSSR count). The van der Waals surface area contributed by atoms with E-state index in [4.69, 9.17) is 0 Å². The first kappa shape index (κ1) is 41.7. The molecule has 1 N–H and O–H groups in total. The number of benzene rings is 7. The van der Waals surface area contributed by atoms with Crippen LogP contribution in [0.3, 0.4) is 0 Å². The number of nitrogens with zero attached hydrogens (tertiary/aromatic N) is 1. The number of fused-ring (bicyclic) bond motifs is 6. The van der Waals surface area contributed by atoms with Gasteiger partial charge in [-0.3, -0.25) is 0 Å². The number of hydrogen-bond donors (Lipinski definition) is 1. The molecule has 8 aromatic rings. The molecular weight excluding hydrogens is 797 g/mol. The second-order valence-electron chi connectivity index (χ2n) is 19.0. The summed E-state index contributed by atoms with van der Waals surface area (Å²) in [4.78, 5) is 0. The van der Waals surface area contributed by atoms with Crippen LogP contribution >= 0.6 is 0 Å². The van der Waals surface area contributed by atoms with Crippen molar-refractivity contribution in [2.45, 2.75) is 56.9 Å². The van der Waals surface area contributed by atoms with E-state index in [1.54, 1.807) is 0 Å². The summed E-state index contributed by atoms with van der Waals surface area (Å²) in [7, 11) is 2.13. The predicted octanol–water partition coefficient (Wildman–Crippen LogP) is 15.3. The van der Waals surface area contributed by atoms with Crippen LogP contribution in [0, 0.1) is 11.8 Å². The molecule has 2 heteroatoms. The van der Waals surface area contributed by atoms with Crippen LogP contribution in [0.4, 0.5) is 0 Å². The molecule has 0 radical (unpaired) electrons. The van der Waals surface area contributed by atoms with Crippen molar-refractivity contribution in [2.24, 2.45) is 11.8 Å². The van der Waals surface area contributed by atoms with E-state index < -0.39 is 5.41 Å². The predicted molar refractivity (Wildman–Crippen MR) is 278 cm³/mol. The highest BCUT2D eigenvalue weighted by Crippen LogP contribution is 2.64. The van der Waals surface area contributed by atoms with Crippen molar-refractivity contribution in [1.82, 2.24) is 9.88 Å². The van der Waals surface area contributed by atoms with Crippen LogP contribution in [0.25, 0.3) is 39.9 Å². The molecule has 3 aliphatic rings. The monoisotopic (exact) mass is 854 g/mol. The maximum absolute atomic E-state index is 3.76. The van der Waals surface area contributed by atoms with Crippen LogP contribution in [0.1, 0.15) is 83.7 Å². The van der Waals surface area contributed by atoms with Crippen molar-refractivity contribution in [3.05, 3.63) is 268 Å². The minimum Gasteiger partial charge on any atom is -0.313 e. The van der Waals surface area contributed by atoms with Crippen molar-refractivity contribution in [3.8, 4) is 16.8 Å². The Bertz CT molecular complexity index is 3130. The number of likely N-dealkylation sites (N-methyl/N-ethyl adjacent to an activating group) is 1. The van der Waals surface area contributed by atoms with Gasteiger partial charge in [0.1, 0.15) is 0 Å². The van der Waals surface area contributed by atoms with Gasteiger partial charge in [0.2, 0.25) is 0 Å². The Morgan fingerprint density at radius 2 is 1.38 bits per heavy atom. The smallest absolute Gasteiger partial charge is 0.0674 e. The largest absolute Gasteiger partial charge is 0.313 e. The van der Waals surface area contributed by atoms with Gasteiger partial charge in [0.15, 0.2) is 0 Å². The summed E-state index contributed by atoms with van der Waals surface area (Å²) in [6.07, 6.45) is 14.0. The fraction of sp³-hybridized carbons (Fsp3) is 0.188. The lowest BCUT2D eigenvalue weighted by molar-refractivity contribution is 0.468. The van der Waals surface area contributed by atoms with E-state index in [1.165, 1.54) is 89.1 Å². The lowest BCUT2D eigenvalue weighted by Crippen LogP contribution is -2.36. The Kier molecular flexibility index (Phi) is 11.0. The van der Waals surface area contributed by atoms with Crippen LogP contribution in [-0.2, 0) is 11.8 Å². The third-order valence-corrected chi connectivity index (χ3v) is 15.1. The van der Waals surface area contributed by atoms with Crippen molar-refractivity contribution in [3.63, 3.8) is 0 Å². The maximum Gasteiger partial charge on any atom is 0.0674 e. The first-order chi connectivity index (χ1) is 32.4. The molecule has 0 saturated heterocycles. The third kappa shape index (κ3) is 7.07. The summed E-state index contributed by atoms with van der Waals surface area (Å²) in [6, 6.07) is 70.4. The molecule has 0 saturated carbocycles. The van der Waals surface area contributed by atoms with Gasteiger partial charge in [-0.2, -0.15) is 0 Å². The number of hydrogen-bond acceptors (Lipinski definition) is 1. The lowest BCUT2D eigenvalue weighted by Gasteiger charge is -2.38. The van der Waals surface area contributed by atoms with Gasteiger partial charge in [0.05, 0.1) is 16.6 Å². The van der Waals surface area contributed by atoms with Crippen LogP contribution < -0.4 is 5.32 Å². The molecule has 1 aromatic heterocycles. The average molecular weight is 855 g/mol. The van der Waals surface area contributed by atoms with Crippen molar-refractivity contribution in [2.75, 3.05) is 7.05 Å². The molecule has 3 aliphatic carbocycles. The van der Waals surface area contributed by atoms with Crippen molar-refractivity contribution < 1.29 is 0 Å². The molecule has 0 aliphatic heterocycles. The fourth-order valence-corrected chi connectivity index (χ4v) is 12.2. The normalized spacial score (nSPS) is 19.3. The number of aromatic nitrogens is 1. The minimum atomic E-state index is -0.454. The van der Waals surface area contributed by atoms with Gasteiger partial charge in [-0.05, 0) is 118 Å². The Morgan fingerprint density at radius 3 is 2.08 bits per heavy atom. The Hall–Kier alpha value is -7.00.